The monoisotopic (exact) mass is 839 g/mol. The minimum atomic E-state index is -0.0895. The summed E-state index contributed by atoms with van der Waals surface area (Å²) in [4.78, 5) is 0. The van der Waals surface area contributed by atoms with Gasteiger partial charge in [-0.1, -0.05) is 173 Å². The largest absolute Gasteiger partial charge is 0.0578 e. The van der Waals surface area contributed by atoms with Crippen LogP contribution in [0.25, 0.3) is 97.0 Å². The molecule has 0 aliphatic heterocycles. The summed E-state index contributed by atoms with van der Waals surface area (Å²) in [5.74, 6) is 0. The molecule has 0 aliphatic carbocycles. The highest BCUT2D eigenvalue weighted by molar-refractivity contribution is 6.49. The van der Waals surface area contributed by atoms with Crippen LogP contribution in [0.3, 0.4) is 0 Å². The van der Waals surface area contributed by atoms with Crippen molar-refractivity contribution in [1.82, 2.24) is 0 Å². The van der Waals surface area contributed by atoms with Crippen LogP contribution in [0.4, 0.5) is 0 Å². The zero-order chi connectivity index (χ0) is 46.2. The van der Waals surface area contributed by atoms with Gasteiger partial charge in [0, 0.05) is 0 Å². The van der Waals surface area contributed by atoms with Crippen LogP contribution < -0.4 is 0 Å². The first kappa shape index (κ1) is 42.7. The maximum absolute atomic E-state index is 2.61. The molecular formula is C64H70. The molecule has 10 aromatic rings. The molecule has 0 heterocycles. The lowest BCUT2D eigenvalue weighted by Gasteiger charge is -2.29. The van der Waals surface area contributed by atoms with Crippen molar-refractivity contribution >= 4 is 97.0 Å². The average molecular weight is 839 g/mol. The van der Waals surface area contributed by atoms with Crippen LogP contribution in [-0.4, -0.2) is 0 Å². The molecule has 0 N–H and O–H groups in total. The Labute approximate surface area is 382 Å². The van der Waals surface area contributed by atoms with Crippen molar-refractivity contribution in [3.8, 4) is 0 Å². The second-order valence-electron chi connectivity index (χ2n) is 25.9. The van der Waals surface area contributed by atoms with Crippen molar-refractivity contribution < 1.29 is 0 Å². The van der Waals surface area contributed by atoms with Crippen molar-refractivity contribution in [2.24, 2.45) is 0 Å². The van der Waals surface area contributed by atoms with Crippen LogP contribution in [-0.2, 0) is 32.5 Å². The van der Waals surface area contributed by atoms with Crippen LogP contribution in [0.5, 0.6) is 0 Å². The summed E-state index contributed by atoms with van der Waals surface area (Å²) >= 11 is 0. The Morgan fingerprint density at radius 3 is 0.500 bits per heavy atom. The van der Waals surface area contributed by atoms with E-state index in [0.717, 1.165) is 0 Å². The first-order chi connectivity index (χ1) is 29.5. The summed E-state index contributed by atoms with van der Waals surface area (Å²) in [7, 11) is 0. The Morgan fingerprint density at radius 2 is 0.328 bits per heavy atom. The molecule has 64 heavy (non-hydrogen) atoms. The molecule has 0 aliphatic rings. The molecule has 0 heteroatoms. The van der Waals surface area contributed by atoms with Crippen LogP contribution in [0.15, 0.2) is 97.1 Å². The third-order valence-electron chi connectivity index (χ3n) is 15.0. The van der Waals surface area contributed by atoms with Crippen molar-refractivity contribution in [3.05, 3.63) is 130 Å². The number of benzene rings is 10. The Bertz CT molecular complexity index is 3150. The summed E-state index contributed by atoms with van der Waals surface area (Å²) < 4.78 is 0. The van der Waals surface area contributed by atoms with E-state index in [2.05, 4.69) is 222 Å². The summed E-state index contributed by atoms with van der Waals surface area (Å²) in [5, 5.41) is 24.7. The van der Waals surface area contributed by atoms with E-state index in [4.69, 9.17) is 0 Å². The van der Waals surface area contributed by atoms with Crippen molar-refractivity contribution in [2.75, 3.05) is 0 Å². The topological polar surface area (TPSA) is 0 Å². The van der Waals surface area contributed by atoms with Crippen LogP contribution in [0, 0.1) is 0 Å². The molecular weight excluding hydrogens is 769 g/mol. The van der Waals surface area contributed by atoms with Gasteiger partial charge in [0.15, 0.2) is 0 Å². The van der Waals surface area contributed by atoms with Crippen molar-refractivity contribution in [2.45, 2.75) is 157 Å². The molecule has 0 saturated heterocycles. The number of rotatable bonds is 0. The summed E-state index contributed by atoms with van der Waals surface area (Å²) in [5.41, 5.74) is 8.04. The van der Waals surface area contributed by atoms with Gasteiger partial charge in [-0.2, -0.15) is 0 Å². The van der Waals surface area contributed by atoms with E-state index >= 15 is 0 Å². The van der Waals surface area contributed by atoms with Gasteiger partial charge in [-0.25, -0.2) is 0 Å². The van der Waals surface area contributed by atoms with Crippen molar-refractivity contribution in [3.63, 3.8) is 0 Å². The second-order valence-corrected chi connectivity index (χ2v) is 25.9. The molecule has 10 rings (SSSR count). The van der Waals surface area contributed by atoms with Crippen LogP contribution in [0.1, 0.15) is 158 Å². The molecule has 0 amide bonds. The normalized spacial score (nSPS) is 14.1. The lowest BCUT2D eigenvalue weighted by molar-refractivity contribution is 0.590. The first-order valence-corrected chi connectivity index (χ1v) is 24.0. The zero-order valence-corrected chi connectivity index (χ0v) is 42.2. The van der Waals surface area contributed by atoms with E-state index < -0.39 is 0 Å². The highest BCUT2D eigenvalue weighted by Gasteiger charge is 2.30. The van der Waals surface area contributed by atoms with Crippen LogP contribution >= 0.6 is 0 Å². The van der Waals surface area contributed by atoms with Gasteiger partial charge in [0.1, 0.15) is 0 Å². The maximum Gasteiger partial charge on any atom is -0.00132 e. The van der Waals surface area contributed by atoms with E-state index in [9.17, 15) is 0 Å². The van der Waals surface area contributed by atoms with E-state index in [1.165, 1.54) is 130 Å². The van der Waals surface area contributed by atoms with Gasteiger partial charge < -0.3 is 0 Å². The highest BCUT2D eigenvalue weighted by Crippen LogP contribution is 2.54. The Balaban J connectivity index is 1.66. The van der Waals surface area contributed by atoms with Gasteiger partial charge in [-0.05, 0) is 211 Å². The molecule has 0 bridgehead atoms. The fourth-order valence-corrected chi connectivity index (χ4v) is 10.9. The first-order valence-electron chi connectivity index (χ1n) is 24.0. The minimum Gasteiger partial charge on any atom is -0.0578 e. The molecule has 0 aromatic heterocycles. The van der Waals surface area contributed by atoms with E-state index in [1.807, 2.05) is 0 Å². The molecule has 0 unspecified atom stereocenters. The van der Waals surface area contributed by atoms with Gasteiger partial charge in [0.05, 0.1) is 0 Å². The van der Waals surface area contributed by atoms with Gasteiger partial charge >= 0.3 is 0 Å². The third kappa shape index (κ3) is 6.36. The predicted octanol–water partition coefficient (Wildman–Crippen LogP) is 19.3. The maximum atomic E-state index is 2.61. The summed E-state index contributed by atoms with van der Waals surface area (Å²) in [6.07, 6.45) is 0. The molecule has 0 atom stereocenters. The van der Waals surface area contributed by atoms with E-state index in [1.54, 1.807) is 0 Å². The third-order valence-corrected chi connectivity index (χ3v) is 15.0. The fraction of sp³-hybridized carbons (Fsp3) is 0.375. The number of fused-ring (bicyclic) bond motifs is 16. The zero-order valence-electron chi connectivity index (χ0n) is 42.2. The average Bonchev–Trinajstić information content (AvgIpc) is 3.19. The minimum absolute atomic E-state index is 0.00641. The summed E-state index contributed by atoms with van der Waals surface area (Å²) in [6, 6.07) is 40.0. The standard InChI is InChI=1S/C64H70/c1-59(2,3)35-19-23-41-42-24-20-36(60(4,5)6)28-46(42)54-50-32-40(64(16,17)18)34-52-56-48-30-38(62(10,11)12)22-26-44(48)43-25-21-37(61(7,8)9)29-47(43)55(56)51-33-39(63(13,14)15)31-49(57(51)58(50)52)53(54)45(41)27-35/h19-34H,1-18H3. The highest BCUT2D eigenvalue weighted by atomic mass is 14.3. The molecule has 0 fully saturated rings. The Morgan fingerprint density at radius 1 is 0.172 bits per heavy atom. The predicted molar refractivity (Wildman–Crippen MR) is 287 cm³/mol. The molecule has 326 valence electrons. The van der Waals surface area contributed by atoms with E-state index in [0.29, 0.717) is 0 Å². The van der Waals surface area contributed by atoms with Gasteiger partial charge in [0.25, 0.3) is 0 Å². The number of hydrogen-bond donors (Lipinski definition) is 0. The molecule has 0 nitrogen and oxygen atoms in total. The van der Waals surface area contributed by atoms with Gasteiger partial charge in [-0.3, -0.25) is 0 Å². The smallest absolute Gasteiger partial charge is 0.00132 e. The van der Waals surface area contributed by atoms with Gasteiger partial charge in [-0.15, -0.1) is 0 Å². The Kier molecular flexibility index (Phi) is 8.82. The SMILES string of the molecule is CC(C)(C)c1ccc2c3ccc(C(C)(C)C)cc3c3c4cc(C(C)(C)C)cc5c6c7cc(C(C)(C)C)ccc7c7ccc(C(C)(C)C)cc7c6c6cc(C(C)(C)C)cc(c3c2c1)c6c45. The molecule has 0 saturated carbocycles. The summed E-state index contributed by atoms with van der Waals surface area (Å²) in [6.45, 7) is 42.8. The molecule has 10 aromatic carbocycles. The molecule has 0 spiro atoms. The van der Waals surface area contributed by atoms with Crippen LogP contribution in [0.2, 0.25) is 0 Å². The lowest BCUT2D eigenvalue weighted by atomic mass is 9.74. The number of hydrogen-bond acceptors (Lipinski definition) is 0. The fourth-order valence-electron chi connectivity index (χ4n) is 10.9. The van der Waals surface area contributed by atoms with E-state index in [-0.39, 0.29) is 32.5 Å². The quantitative estimate of drug-likeness (QED) is 0.105. The second kappa shape index (κ2) is 13.2. The lowest BCUT2D eigenvalue weighted by Crippen LogP contribution is -2.13. The van der Waals surface area contributed by atoms with Gasteiger partial charge in [0.2, 0.25) is 0 Å². The Hall–Kier alpha value is -5.20. The molecule has 0 radical (unpaired) electrons. The van der Waals surface area contributed by atoms with Crippen molar-refractivity contribution in [1.29, 1.82) is 0 Å².